The average molecular weight is 464 g/mol. The molecule has 0 aliphatic carbocycles. The number of hydrazone groups is 1. The van der Waals surface area contributed by atoms with Gasteiger partial charge in [0.1, 0.15) is 12.3 Å². The monoisotopic (exact) mass is 463 g/mol. The van der Waals surface area contributed by atoms with Crippen LogP contribution in [0.15, 0.2) is 52.5 Å². The third kappa shape index (κ3) is 5.91. The lowest BCUT2D eigenvalue weighted by atomic mass is 10.2. The van der Waals surface area contributed by atoms with Gasteiger partial charge in [-0.05, 0) is 49.2 Å². The first-order chi connectivity index (χ1) is 15.3. The summed E-state index contributed by atoms with van der Waals surface area (Å²) in [6.45, 7) is 3.40. The van der Waals surface area contributed by atoms with E-state index in [1.807, 2.05) is 13.8 Å². The maximum Gasteiger partial charge on any atom is 0.264 e. The second-order valence-corrected chi connectivity index (χ2v) is 8.51. The van der Waals surface area contributed by atoms with Gasteiger partial charge in [0, 0.05) is 11.8 Å². The summed E-state index contributed by atoms with van der Waals surface area (Å²) < 4.78 is 43.6. The number of hydrogen-bond donors (Lipinski definition) is 1. The third-order valence-corrected chi connectivity index (χ3v) is 6.52. The van der Waals surface area contributed by atoms with E-state index in [-0.39, 0.29) is 10.6 Å². The predicted molar refractivity (Wildman–Crippen MR) is 123 cm³/mol. The van der Waals surface area contributed by atoms with Crippen LogP contribution < -0.4 is 23.9 Å². The van der Waals surface area contributed by atoms with Crippen LogP contribution in [0.5, 0.6) is 17.2 Å². The first-order valence-electron chi connectivity index (χ1n) is 10.0. The molecule has 0 aromatic heterocycles. The second-order valence-electron chi connectivity index (χ2n) is 6.65. The lowest BCUT2D eigenvalue weighted by Gasteiger charge is -2.24. The van der Waals surface area contributed by atoms with Gasteiger partial charge in [0.15, 0.2) is 11.5 Å². The summed E-state index contributed by atoms with van der Waals surface area (Å²) in [6, 6.07) is 10.6. The fourth-order valence-electron chi connectivity index (χ4n) is 2.88. The number of anilines is 1. The van der Waals surface area contributed by atoms with Crippen molar-refractivity contribution < 1.29 is 27.4 Å². The van der Waals surface area contributed by atoms with E-state index >= 15 is 0 Å². The van der Waals surface area contributed by atoms with E-state index in [1.54, 1.807) is 24.3 Å². The lowest BCUT2D eigenvalue weighted by Crippen LogP contribution is -2.39. The molecule has 0 fully saturated rings. The Morgan fingerprint density at radius 2 is 1.56 bits per heavy atom. The van der Waals surface area contributed by atoms with Crippen LogP contribution >= 0.6 is 0 Å². The number of carbonyl (C=O) groups is 1. The minimum atomic E-state index is -4.13. The molecule has 0 heterocycles. The van der Waals surface area contributed by atoms with Gasteiger partial charge in [0.25, 0.3) is 15.9 Å². The Balaban J connectivity index is 2.47. The van der Waals surface area contributed by atoms with E-state index in [9.17, 15) is 13.2 Å². The van der Waals surface area contributed by atoms with Crippen LogP contribution in [0.2, 0.25) is 0 Å². The zero-order valence-corrected chi connectivity index (χ0v) is 19.7. The first-order valence-corrected chi connectivity index (χ1v) is 11.5. The molecule has 2 aromatic carbocycles. The number of carbonyl (C=O) groups excluding carboxylic acids is 1. The molecule has 0 saturated heterocycles. The molecule has 0 radical (unpaired) electrons. The van der Waals surface area contributed by atoms with E-state index in [2.05, 4.69) is 10.5 Å². The Morgan fingerprint density at radius 1 is 0.938 bits per heavy atom. The number of amides is 1. The topological polar surface area (TPSA) is 107 Å². The molecule has 2 rings (SSSR count). The summed E-state index contributed by atoms with van der Waals surface area (Å²) >= 11 is 0. The Morgan fingerprint density at radius 3 is 2.09 bits per heavy atom. The Hall–Kier alpha value is -3.27. The van der Waals surface area contributed by atoms with Crippen molar-refractivity contribution in [3.8, 4) is 17.2 Å². The van der Waals surface area contributed by atoms with Gasteiger partial charge >= 0.3 is 0 Å². The molecule has 0 unspecified atom stereocenters. The summed E-state index contributed by atoms with van der Waals surface area (Å²) in [5.74, 6) is 0.639. The summed E-state index contributed by atoms with van der Waals surface area (Å²) in [6.07, 6.45) is 1.37. The van der Waals surface area contributed by atoms with E-state index in [0.717, 1.165) is 10.0 Å². The standard InChI is InChI=1S/C22H29N3O6S/c1-6-16(7-2)23-24-22(26)15-25(17-8-10-18(29-3)11-9-17)32(27,28)19-12-13-20(30-4)21(14-19)31-5/h8-14H,6-7,15H2,1-5H3,(H,24,26). The van der Waals surface area contributed by atoms with Crippen molar-refractivity contribution in [3.63, 3.8) is 0 Å². The average Bonchev–Trinajstić information content (AvgIpc) is 2.82. The van der Waals surface area contributed by atoms with Crippen molar-refractivity contribution in [2.45, 2.75) is 31.6 Å². The Kier molecular flexibility index (Phi) is 8.89. The van der Waals surface area contributed by atoms with Crippen molar-refractivity contribution in [2.24, 2.45) is 5.10 Å². The smallest absolute Gasteiger partial charge is 0.264 e. The summed E-state index contributed by atoms with van der Waals surface area (Å²) in [4.78, 5) is 12.5. The molecule has 10 heteroatoms. The van der Waals surface area contributed by atoms with Gasteiger partial charge in [-0.3, -0.25) is 9.10 Å². The van der Waals surface area contributed by atoms with Gasteiger partial charge in [-0.25, -0.2) is 13.8 Å². The van der Waals surface area contributed by atoms with E-state index in [4.69, 9.17) is 14.2 Å². The molecule has 2 aromatic rings. The summed E-state index contributed by atoms with van der Waals surface area (Å²) in [5.41, 5.74) is 3.55. The number of ether oxygens (including phenoxy) is 3. The number of sulfonamides is 1. The molecule has 0 aliphatic heterocycles. The van der Waals surface area contributed by atoms with Gasteiger partial charge in [-0.15, -0.1) is 0 Å². The highest BCUT2D eigenvalue weighted by Gasteiger charge is 2.28. The number of hydrogen-bond acceptors (Lipinski definition) is 7. The molecule has 32 heavy (non-hydrogen) atoms. The third-order valence-electron chi connectivity index (χ3n) is 4.75. The fraction of sp³-hybridized carbons (Fsp3) is 0.364. The predicted octanol–water partition coefficient (Wildman–Crippen LogP) is 3.20. The van der Waals surface area contributed by atoms with Gasteiger partial charge in [-0.1, -0.05) is 13.8 Å². The van der Waals surface area contributed by atoms with Crippen LogP contribution in [0.1, 0.15) is 26.7 Å². The van der Waals surface area contributed by atoms with Crippen LogP contribution in [0, 0.1) is 0 Å². The minimum absolute atomic E-state index is 0.0509. The summed E-state index contributed by atoms with van der Waals surface area (Å²) in [7, 11) is 0.260. The number of rotatable bonds is 11. The summed E-state index contributed by atoms with van der Waals surface area (Å²) in [5, 5.41) is 4.08. The lowest BCUT2D eigenvalue weighted by molar-refractivity contribution is -0.119. The normalized spacial score (nSPS) is 10.8. The van der Waals surface area contributed by atoms with Crippen molar-refractivity contribution in [1.29, 1.82) is 0 Å². The molecule has 0 atom stereocenters. The number of nitrogens with zero attached hydrogens (tertiary/aromatic N) is 2. The van der Waals surface area contributed by atoms with Crippen LogP contribution in [-0.4, -0.2) is 47.9 Å². The van der Waals surface area contributed by atoms with Crippen molar-refractivity contribution in [3.05, 3.63) is 42.5 Å². The number of benzene rings is 2. The highest BCUT2D eigenvalue weighted by atomic mass is 32.2. The van der Waals surface area contributed by atoms with Crippen LogP contribution in [-0.2, 0) is 14.8 Å². The van der Waals surface area contributed by atoms with E-state index < -0.39 is 22.5 Å². The highest BCUT2D eigenvalue weighted by molar-refractivity contribution is 7.92. The quantitative estimate of drug-likeness (QED) is 0.405. The van der Waals surface area contributed by atoms with Crippen LogP contribution in [0.25, 0.3) is 0 Å². The molecule has 0 spiro atoms. The molecule has 0 bridgehead atoms. The molecule has 0 saturated carbocycles. The van der Waals surface area contributed by atoms with Gasteiger partial charge < -0.3 is 14.2 Å². The number of methoxy groups -OCH3 is 3. The molecule has 174 valence electrons. The van der Waals surface area contributed by atoms with Crippen LogP contribution in [0.4, 0.5) is 5.69 Å². The zero-order chi connectivity index (χ0) is 23.7. The maximum atomic E-state index is 13.5. The first kappa shape index (κ1) is 25.0. The van der Waals surface area contributed by atoms with E-state index in [1.165, 1.54) is 39.5 Å². The maximum absolute atomic E-state index is 13.5. The zero-order valence-electron chi connectivity index (χ0n) is 18.9. The SMILES string of the molecule is CCC(CC)=NNC(=O)CN(c1ccc(OC)cc1)S(=O)(=O)c1ccc(OC)c(OC)c1. The molecule has 1 amide bonds. The largest absolute Gasteiger partial charge is 0.497 e. The highest BCUT2D eigenvalue weighted by Crippen LogP contribution is 2.32. The molecule has 9 nitrogen and oxygen atoms in total. The van der Waals surface area contributed by atoms with Gasteiger partial charge in [-0.2, -0.15) is 5.10 Å². The van der Waals surface area contributed by atoms with Gasteiger partial charge in [0.05, 0.1) is 31.9 Å². The van der Waals surface area contributed by atoms with Crippen molar-refractivity contribution in [1.82, 2.24) is 5.43 Å². The Labute approximate surface area is 189 Å². The van der Waals surface area contributed by atoms with Crippen molar-refractivity contribution >= 4 is 27.3 Å². The Bertz CT molecular complexity index is 1050. The second kappa shape index (κ2) is 11.4. The van der Waals surface area contributed by atoms with Crippen molar-refractivity contribution in [2.75, 3.05) is 32.2 Å². The minimum Gasteiger partial charge on any atom is -0.497 e. The van der Waals surface area contributed by atoms with Gasteiger partial charge in [0.2, 0.25) is 0 Å². The molecular weight excluding hydrogens is 434 g/mol. The molecule has 0 aliphatic rings. The molecule has 1 N–H and O–H groups in total. The van der Waals surface area contributed by atoms with E-state index in [0.29, 0.717) is 30.0 Å². The number of nitrogens with one attached hydrogen (secondary N) is 1. The fourth-order valence-corrected chi connectivity index (χ4v) is 4.32. The molecular formula is C22H29N3O6S. The van der Waals surface area contributed by atoms with Crippen LogP contribution in [0.3, 0.4) is 0 Å².